The second-order valence-electron chi connectivity index (χ2n) is 6.03. The van der Waals surface area contributed by atoms with Gasteiger partial charge in [-0.15, -0.1) is 0 Å². The van der Waals surface area contributed by atoms with Crippen LogP contribution < -0.4 is 10.6 Å². The van der Waals surface area contributed by atoms with Crippen molar-refractivity contribution in [1.82, 2.24) is 5.32 Å². The van der Waals surface area contributed by atoms with Crippen molar-refractivity contribution in [1.29, 1.82) is 0 Å². The molecule has 6 heteroatoms. The zero-order valence-corrected chi connectivity index (χ0v) is 15.3. The van der Waals surface area contributed by atoms with Gasteiger partial charge in [0.25, 0.3) is 5.91 Å². The molecule has 0 atom stereocenters. The van der Waals surface area contributed by atoms with E-state index < -0.39 is 0 Å². The molecule has 3 rings (SSSR count). The number of benzene rings is 2. The minimum absolute atomic E-state index is 0.0138. The van der Waals surface area contributed by atoms with Gasteiger partial charge in [-0.25, -0.2) is 0 Å². The van der Waals surface area contributed by atoms with Crippen LogP contribution in [0, 0.1) is 0 Å². The number of anilines is 1. The highest BCUT2D eigenvalue weighted by atomic mass is 35.5. The lowest BCUT2D eigenvalue weighted by atomic mass is 10.1. The minimum atomic E-state index is -0.303. The van der Waals surface area contributed by atoms with Crippen molar-refractivity contribution in [3.63, 3.8) is 0 Å². The van der Waals surface area contributed by atoms with Gasteiger partial charge in [-0.05, 0) is 53.9 Å². The van der Waals surface area contributed by atoms with Crippen molar-refractivity contribution < 1.29 is 14.0 Å². The van der Waals surface area contributed by atoms with Crippen molar-refractivity contribution in [2.24, 2.45) is 0 Å². The van der Waals surface area contributed by atoms with Crippen LogP contribution in [0.4, 0.5) is 5.69 Å². The van der Waals surface area contributed by atoms with E-state index in [-0.39, 0.29) is 17.6 Å². The first kappa shape index (κ1) is 18.7. The highest BCUT2D eigenvalue weighted by molar-refractivity contribution is 6.30. The van der Waals surface area contributed by atoms with Gasteiger partial charge in [0.05, 0.1) is 6.26 Å². The maximum Gasteiger partial charge on any atom is 0.291 e. The molecule has 0 unspecified atom stereocenters. The molecular weight excluding hydrogens is 364 g/mol. The first-order chi connectivity index (χ1) is 13.1. The summed E-state index contributed by atoms with van der Waals surface area (Å²) in [6.45, 7) is 0.436. The van der Waals surface area contributed by atoms with E-state index >= 15 is 0 Å². The predicted molar refractivity (Wildman–Crippen MR) is 105 cm³/mol. The smallest absolute Gasteiger partial charge is 0.291 e. The van der Waals surface area contributed by atoms with Gasteiger partial charge in [0, 0.05) is 23.7 Å². The largest absolute Gasteiger partial charge is 0.459 e. The van der Waals surface area contributed by atoms with Gasteiger partial charge in [-0.1, -0.05) is 35.9 Å². The number of furan rings is 1. The molecule has 1 aromatic heterocycles. The molecule has 0 fully saturated rings. The van der Waals surface area contributed by atoms with Crippen LogP contribution in [0.25, 0.3) is 0 Å². The van der Waals surface area contributed by atoms with Gasteiger partial charge in [0.1, 0.15) is 0 Å². The van der Waals surface area contributed by atoms with Crippen LogP contribution in [0.3, 0.4) is 0 Å². The number of hydrogen-bond acceptors (Lipinski definition) is 3. The van der Waals surface area contributed by atoms with Crippen LogP contribution >= 0.6 is 11.6 Å². The lowest BCUT2D eigenvalue weighted by Gasteiger charge is -2.07. The summed E-state index contributed by atoms with van der Waals surface area (Å²) < 4.78 is 5.05. The van der Waals surface area contributed by atoms with Crippen LogP contribution in [-0.2, 0) is 17.8 Å². The highest BCUT2D eigenvalue weighted by Crippen LogP contribution is 2.13. The van der Waals surface area contributed by atoms with Crippen molar-refractivity contribution in [3.8, 4) is 0 Å². The summed E-state index contributed by atoms with van der Waals surface area (Å²) in [5.41, 5.74) is 2.69. The summed E-state index contributed by atoms with van der Waals surface area (Å²) in [5.74, 6) is -0.0598. The monoisotopic (exact) mass is 382 g/mol. The summed E-state index contributed by atoms with van der Waals surface area (Å²) in [5, 5.41) is 6.33. The van der Waals surface area contributed by atoms with E-state index in [1.54, 1.807) is 24.3 Å². The standard InChI is InChI=1S/C21H19ClN2O3/c22-17-8-3-15(4-9-17)7-12-20(25)23-14-16-5-10-18(11-6-16)24-21(26)19-2-1-13-27-19/h1-6,8-11,13H,7,12,14H2,(H,23,25)(H,24,26). The van der Waals surface area contributed by atoms with Gasteiger partial charge in [0.2, 0.25) is 5.91 Å². The van der Waals surface area contributed by atoms with Crippen molar-refractivity contribution in [2.45, 2.75) is 19.4 Å². The molecular formula is C21H19ClN2O3. The molecule has 0 aliphatic rings. The topological polar surface area (TPSA) is 71.3 Å². The SMILES string of the molecule is O=C(CCc1ccc(Cl)cc1)NCc1ccc(NC(=O)c2ccco2)cc1. The molecule has 3 aromatic rings. The van der Waals surface area contributed by atoms with Gasteiger partial charge < -0.3 is 15.1 Å². The number of amides is 2. The summed E-state index contributed by atoms with van der Waals surface area (Å²) >= 11 is 5.85. The predicted octanol–water partition coefficient (Wildman–Crippen LogP) is 4.43. The maximum atomic E-state index is 12.0. The number of nitrogens with one attached hydrogen (secondary N) is 2. The van der Waals surface area contributed by atoms with E-state index in [1.807, 2.05) is 36.4 Å². The molecule has 0 aliphatic heterocycles. The van der Waals surface area contributed by atoms with Crippen LogP contribution in [0.15, 0.2) is 71.3 Å². The molecule has 2 aromatic carbocycles. The van der Waals surface area contributed by atoms with Crippen molar-refractivity contribution >= 4 is 29.1 Å². The summed E-state index contributed by atoms with van der Waals surface area (Å²) in [6.07, 6.45) is 2.54. The summed E-state index contributed by atoms with van der Waals surface area (Å²) in [4.78, 5) is 23.9. The second-order valence-corrected chi connectivity index (χ2v) is 6.47. The third-order valence-electron chi connectivity index (χ3n) is 4.00. The summed E-state index contributed by atoms with van der Waals surface area (Å²) in [6, 6.07) is 18.0. The number of hydrogen-bond donors (Lipinski definition) is 2. The molecule has 1 heterocycles. The third kappa shape index (κ3) is 5.72. The van der Waals surface area contributed by atoms with Crippen molar-refractivity contribution in [3.05, 3.63) is 88.8 Å². The van der Waals surface area contributed by atoms with Crippen LogP contribution in [-0.4, -0.2) is 11.8 Å². The Morgan fingerprint density at radius 1 is 0.926 bits per heavy atom. The first-order valence-electron chi connectivity index (χ1n) is 8.55. The van der Waals surface area contributed by atoms with E-state index in [0.717, 1.165) is 11.1 Å². The fourth-order valence-electron chi connectivity index (χ4n) is 2.50. The lowest BCUT2D eigenvalue weighted by molar-refractivity contribution is -0.121. The number of carbonyl (C=O) groups excluding carboxylic acids is 2. The fourth-order valence-corrected chi connectivity index (χ4v) is 2.63. The molecule has 0 aliphatic carbocycles. The normalized spacial score (nSPS) is 10.4. The zero-order chi connectivity index (χ0) is 19.1. The fraction of sp³-hybridized carbons (Fsp3) is 0.143. The Kier molecular flexibility index (Phi) is 6.28. The van der Waals surface area contributed by atoms with E-state index in [9.17, 15) is 9.59 Å². The Labute approximate surface area is 162 Å². The molecule has 5 nitrogen and oxygen atoms in total. The number of rotatable bonds is 7. The Hall–Kier alpha value is -3.05. The average molecular weight is 383 g/mol. The first-order valence-corrected chi connectivity index (χ1v) is 8.93. The number of carbonyl (C=O) groups is 2. The molecule has 0 bridgehead atoms. The number of aryl methyl sites for hydroxylation is 1. The Bertz CT molecular complexity index is 888. The summed E-state index contributed by atoms with van der Waals surface area (Å²) in [7, 11) is 0. The Morgan fingerprint density at radius 2 is 1.63 bits per heavy atom. The van der Waals surface area contributed by atoms with E-state index in [2.05, 4.69) is 10.6 Å². The zero-order valence-electron chi connectivity index (χ0n) is 14.6. The van der Waals surface area contributed by atoms with E-state index in [1.165, 1.54) is 6.26 Å². The third-order valence-corrected chi connectivity index (χ3v) is 4.25. The second kappa shape index (κ2) is 9.05. The lowest BCUT2D eigenvalue weighted by Crippen LogP contribution is -2.23. The Balaban J connectivity index is 1.43. The molecule has 2 N–H and O–H groups in total. The van der Waals surface area contributed by atoms with Gasteiger partial charge in [0.15, 0.2) is 5.76 Å². The van der Waals surface area contributed by atoms with Crippen LogP contribution in [0.2, 0.25) is 5.02 Å². The number of halogens is 1. The molecule has 2 amide bonds. The average Bonchev–Trinajstić information content (AvgIpc) is 3.22. The molecule has 0 spiro atoms. The molecule has 0 saturated heterocycles. The molecule has 27 heavy (non-hydrogen) atoms. The van der Waals surface area contributed by atoms with Crippen molar-refractivity contribution in [2.75, 3.05) is 5.32 Å². The van der Waals surface area contributed by atoms with Crippen LogP contribution in [0.1, 0.15) is 28.1 Å². The van der Waals surface area contributed by atoms with Gasteiger partial charge in [-0.3, -0.25) is 9.59 Å². The van der Waals surface area contributed by atoms with Crippen LogP contribution in [0.5, 0.6) is 0 Å². The maximum absolute atomic E-state index is 12.0. The van der Waals surface area contributed by atoms with E-state index in [0.29, 0.717) is 30.1 Å². The molecule has 0 saturated carbocycles. The molecule has 138 valence electrons. The Morgan fingerprint density at radius 3 is 2.30 bits per heavy atom. The molecule has 0 radical (unpaired) electrons. The van der Waals surface area contributed by atoms with E-state index in [4.69, 9.17) is 16.0 Å². The van der Waals surface area contributed by atoms with Gasteiger partial charge >= 0.3 is 0 Å². The minimum Gasteiger partial charge on any atom is -0.459 e. The quantitative estimate of drug-likeness (QED) is 0.634. The highest BCUT2D eigenvalue weighted by Gasteiger charge is 2.08. The van der Waals surface area contributed by atoms with Gasteiger partial charge in [-0.2, -0.15) is 0 Å².